The summed E-state index contributed by atoms with van der Waals surface area (Å²) in [4.78, 5) is 16.0. The molecule has 6 nitrogen and oxygen atoms in total. The van der Waals surface area contributed by atoms with Gasteiger partial charge in [0.2, 0.25) is 11.8 Å². The molecule has 2 aromatic rings. The summed E-state index contributed by atoms with van der Waals surface area (Å²) in [6.07, 6.45) is 8.39. The minimum atomic E-state index is 0.0520. The van der Waals surface area contributed by atoms with Crippen molar-refractivity contribution in [1.82, 2.24) is 20.5 Å². The van der Waals surface area contributed by atoms with Gasteiger partial charge >= 0.3 is 0 Å². The first kappa shape index (κ1) is 14.7. The predicted octanol–water partition coefficient (Wildman–Crippen LogP) is 2.53. The number of nitrogens with one attached hydrogen (secondary N) is 1. The van der Waals surface area contributed by atoms with Crippen molar-refractivity contribution in [1.29, 1.82) is 0 Å². The molecule has 0 aliphatic heterocycles. The molecule has 2 aliphatic rings. The number of aromatic nitrogens is 3. The summed E-state index contributed by atoms with van der Waals surface area (Å²) in [7, 11) is 0. The molecule has 4 rings (SSSR count). The molecule has 0 unspecified atom stereocenters. The number of pyridine rings is 1. The molecule has 1 amide bonds. The molecule has 7 heteroatoms. The van der Waals surface area contributed by atoms with E-state index in [9.17, 15) is 4.79 Å². The summed E-state index contributed by atoms with van der Waals surface area (Å²) in [6.45, 7) is 0. The Balaban J connectivity index is 1.29. The van der Waals surface area contributed by atoms with E-state index in [0.717, 1.165) is 17.9 Å². The van der Waals surface area contributed by atoms with E-state index in [-0.39, 0.29) is 5.91 Å². The number of carbonyl (C=O) groups excluding carboxylic acids is 1. The van der Waals surface area contributed by atoms with Gasteiger partial charge in [0.1, 0.15) is 0 Å². The van der Waals surface area contributed by atoms with Crippen LogP contribution in [0.2, 0.25) is 0 Å². The lowest BCUT2D eigenvalue weighted by Crippen LogP contribution is -2.39. The van der Waals surface area contributed by atoms with Crippen molar-refractivity contribution in [3.63, 3.8) is 0 Å². The van der Waals surface area contributed by atoms with Crippen LogP contribution in [0.25, 0.3) is 11.5 Å². The van der Waals surface area contributed by atoms with Gasteiger partial charge in [-0.05, 0) is 43.2 Å². The van der Waals surface area contributed by atoms with Crippen molar-refractivity contribution >= 4 is 17.7 Å². The third-order valence-corrected chi connectivity index (χ3v) is 5.56. The maximum absolute atomic E-state index is 12.1. The highest BCUT2D eigenvalue weighted by Gasteiger charge is 2.40. The molecule has 0 spiro atoms. The van der Waals surface area contributed by atoms with Crippen molar-refractivity contribution in [2.75, 3.05) is 5.75 Å². The molecule has 2 heterocycles. The van der Waals surface area contributed by atoms with E-state index < -0.39 is 0 Å². The van der Waals surface area contributed by atoms with Crippen LogP contribution in [0.3, 0.4) is 0 Å². The lowest BCUT2D eigenvalue weighted by atomic mass is 9.95. The third kappa shape index (κ3) is 3.24. The Kier molecular flexibility index (Phi) is 4.03. The Bertz CT molecular complexity index is 690. The van der Waals surface area contributed by atoms with E-state index in [0.29, 0.717) is 28.8 Å². The molecule has 0 aromatic carbocycles. The van der Waals surface area contributed by atoms with Gasteiger partial charge in [-0.2, -0.15) is 0 Å². The van der Waals surface area contributed by atoms with E-state index in [1.165, 1.54) is 31.0 Å². The molecule has 120 valence electrons. The zero-order chi connectivity index (χ0) is 15.6. The second-order valence-electron chi connectivity index (χ2n) is 6.25. The summed E-state index contributed by atoms with van der Waals surface area (Å²) in [6, 6.07) is 3.99. The summed E-state index contributed by atoms with van der Waals surface area (Å²) >= 11 is 1.28. The fraction of sp³-hybridized carbons (Fsp3) is 0.500. The van der Waals surface area contributed by atoms with Gasteiger partial charge in [-0.1, -0.05) is 18.2 Å². The zero-order valence-electron chi connectivity index (χ0n) is 12.6. The minimum Gasteiger partial charge on any atom is -0.411 e. The van der Waals surface area contributed by atoms with E-state index >= 15 is 0 Å². The second-order valence-corrected chi connectivity index (χ2v) is 7.17. The van der Waals surface area contributed by atoms with Gasteiger partial charge in [-0.3, -0.25) is 9.78 Å². The van der Waals surface area contributed by atoms with Crippen LogP contribution in [-0.4, -0.2) is 32.9 Å². The van der Waals surface area contributed by atoms with Gasteiger partial charge in [-0.15, -0.1) is 10.2 Å². The topological polar surface area (TPSA) is 80.9 Å². The lowest BCUT2D eigenvalue weighted by molar-refractivity contribution is -0.119. The van der Waals surface area contributed by atoms with E-state index in [1.54, 1.807) is 12.4 Å². The van der Waals surface area contributed by atoms with Gasteiger partial charge in [0.15, 0.2) is 0 Å². The average Bonchev–Trinajstić information content (AvgIpc) is 3.30. The monoisotopic (exact) mass is 330 g/mol. The molecular formula is C16H18N4O2S. The molecule has 0 saturated heterocycles. The van der Waals surface area contributed by atoms with Crippen LogP contribution in [0.4, 0.5) is 0 Å². The summed E-state index contributed by atoms with van der Waals surface area (Å²) in [5.74, 6) is 2.33. The maximum atomic E-state index is 12.1. The molecule has 2 bridgehead atoms. The highest BCUT2D eigenvalue weighted by Crippen LogP contribution is 2.44. The molecule has 2 aliphatic carbocycles. The van der Waals surface area contributed by atoms with Crippen LogP contribution in [0.5, 0.6) is 0 Å². The normalized spacial score (nSPS) is 25.7. The van der Waals surface area contributed by atoms with E-state index in [4.69, 9.17) is 4.42 Å². The fourth-order valence-corrected chi connectivity index (χ4v) is 4.25. The fourth-order valence-electron chi connectivity index (χ4n) is 3.68. The van der Waals surface area contributed by atoms with Crippen molar-refractivity contribution in [3.05, 3.63) is 24.5 Å². The first-order chi connectivity index (χ1) is 11.3. The van der Waals surface area contributed by atoms with Gasteiger partial charge in [0, 0.05) is 24.0 Å². The number of thioether (sulfide) groups is 1. The number of nitrogens with zero attached hydrogens (tertiary/aromatic N) is 3. The van der Waals surface area contributed by atoms with Crippen LogP contribution >= 0.6 is 11.8 Å². The minimum absolute atomic E-state index is 0.0520. The van der Waals surface area contributed by atoms with Gasteiger partial charge in [0.05, 0.1) is 5.75 Å². The summed E-state index contributed by atoms with van der Waals surface area (Å²) in [5, 5.41) is 11.6. The Morgan fingerprint density at radius 2 is 2.13 bits per heavy atom. The van der Waals surface area contributed by atoms with Crippen LogP contribution in [-0.2, 0) is 4.79 Å². The first-order valence-electron chi connectivity index (χ1n) is 7.94. The van der Waals surface area contributed by atoms with Crippen LogP contribution in [0, 0.1) is 11.8 Å². The molecule has 0 radical (unpaired) electrons. The smallest absolute Gasteiger partial charge is 0.277 e. The Morgan fingerprint density at radius 1 is 1.26 bits per heavy atom. The van der Waals surface area contributed by atoms with Crippen molar-refractivity contribution in [2.24, 2.45) is 11.8 Å². The highest BCUT2D eigenvalue weighted by atomic mass is 32.2. The molecule has 2 aromatic heterocycles. The van der Waals surface area contributed by atoms with E-state index in [1.807, 2.05) is 12.1 Å². The van der Waals surface area contributed by atoms with Crippen LogP contribution in [0.15, 0.2) is 34.2 Å². The number of carbonyl (C=O) groups is 1. The highest BCUT2D eigenvalue weighted by molar-refractivity contribution is 7.99. The summed E-state index contributed by atoms with van der Waals surface area (Å²) in [5.41, 5.74) is 0.825. The Morgan fingerprint density at radius 3 is 2.87 bits per heavy atom. The van der Waals surface area contributed by atoms with Crippen LogP contribution in [0.1, 0.15) is 25.7 Å². The zero-order valence-corrected chi connectivity index (χ0v) is 13.5. The molecule has 23 heavy (non-hydrogen) atoms. The Hall–Kier alpha value is -1.89. The average molecular weight is 330 g/mol. The molecule has 2 fully saturated rings. The maximum Gasteiger partial charge on any atom is 0.277 e. The Labute approximate surface area is 138 Å². The largest absolute Gasteiger partial charge is 0.411 e. The number of fused-ring (bicyclic) bond motifs is 2. The van der Waals surface area contributed by atoms with Gasteiger partial charge in [-0.25, -0.2) is 0 Å². The standard InChI is InChI=1S/C16H18N4O2S/c21-14(18-13-8-10-1-2-12(13)7-10)9-23-16-20-19-15(22-16)11-3-5-17-6-4-11/h3-6,10,12-13H,1-2,7-9H2,(H,18,21)/t10-,12+,13+/m0/s1. The second kappa shape index (κ2) is 6.31. The third-order valence-electron chi connectivity index (χ3n) is 4.74. The van der Waals surface area contributed by atoms with Gasteiger partial charge < -0.3 is 9.73 Å². The first-order valence-corrected chi connectivity index (χ1v) is 8.92. The van der Waals surface area contributed by atoms with Crippen LogP contribution < -0.4 is 5.32 Å². The lowest BCUT2D eigenvalue weighted by Gasteiger charge is -2.22. The molecule has 2 saturated carbocycles. The number of hydrogen-bond donors (Lipinski definition) is 1. The van der Waals surface area contributed by atoms with Crippen molar-refractivity contribution < 1.29 is 9.21 Å². The van der Waals surface area contributed by atoms with Crippen molar-refractivity contribution in [3.8, 4) is 11.5 Å². The van der Waals surface area contributed by atoms with Crippen molar-refractivity contribution in [2.45, 2.75) is 36.9 Å². The number of rotatable bonds is 5. The number of hydrogen-bond acceptors (Lipinski definition) is 6. The number of amides is 1. The molecular weight excluding hydrogens is 312 g/mol. The quantitative estimate of drug-likeness (QED) is 0.849. The summed E-state index contributed by atoms with van der Waals surface area (Å²) < 4.78 is 5.57. The predicted molar refractivity (Wildman–Crippen MR) is 85.6 cm³/mol. The SMILES string of the molecule is O=C(CSc1nnc(-c2ccncc2)o1)N[C@@H]1C[C@H]2CC[C@@H]1C2. The molecule has 3 atom stereocenters. The van der Waals surface area contributed by atoms with E-state index in [2.05, 4.69) is 20.5 Å². The van der Waals surface area contributed by atoms with Gasteiger partial charge in [0.25, 0.3) is 5.22 Å². The molecule has 1 N–H and O–H groups in total.